The van der Waals surface area contributed by atoms with Gasteiger partial charge in [0.15, 0.2) is 0 Å². The molecule has 5 aliphatic heterocycles. The second-order valence-electron chi connectivity index (χ2n) is 11.0. The molecule has 0 aliphatic carbocycles. The molecule has 4 bridgehead atoms. The Morgan fingerprint density at radius 1 is 0.755 bits per heavy atom. The number of guanidine groups is 1. The summed E-state index contributed by atoms with van der Waals surface area (Å²) in [5.74, 6) is 0.719. The van der Waals surface area contributed by atoms with Crippen molar-refractivity contribution in [3.63, 3.8) is 0 Å². The molecule has 12 nitrogen and oxygen atoms in total. The van der Waals surface area contributed by atoms with E-state index >= 15 is 0 Å². The average Bonchev–Trinajstić information content (AvgIpc) is 3.39. The van der Waals surface area contributed by atoms with Crippen LogP contribution in [0.15, 0.2) is 175 Å². The van der Waals surface area contributed by atoms with Gasteiger partial charge in [-0.05, 0) is 30.4 Å². The number of nitrogens with two attached hydrogens (primary N) is 1. The van der Waals surface area contributed by atoms with Crippen LogP contribution in [-0.4, -0.2) is 55.0 Å². The van der Waals surface area contributed by atoms with E-state index < -0.39 is 0 Å². The molecule has 5 aliphatic rings. The molecule has 0 saturated carbocycles. The minimum Gasteiger partial charge on any atom is -0.369 e. The van der Waals surface area contributed by atoms with E-state index in [4.69, 9.17) is 15.7 Å². The van der Waals surface area contributed by atoms with Gasteiger partial charge in [-0.3, -0.25) is 44.3 Å². The van der Waals surface area contributed by atoms with Crippen molar-refractivity contribution >= 4 is 63.6 Å². The Labute approximate surface area is 278 Å². The van der Waals surface area contributed by atoms with Crippen LogP contribution < -0.4 is 10.6 Å². The van der Waals surface area contributed by atoms with Gasteiger partial charge in [-0.25, -0.2) is 0 Å². The normalized spacial score (nSPS) is 17.4. The number of hydrogen-bond donors (Lipinski definition) is 1. The molecular weight excluding hydrogens is 612 g/mol. The third-order valence-electron chi connectivity index (χ3n) is 8.26. The summed E-state index contributed by atoms with van der Waals surface area (Å²) < 4.78 is 1.93. The molecule has 0 fully saturated rings. The minimum atomic E-state index is 0.136. The summed E-state index contributed by atoms with van der Waals surface area (Å²) in [4.78, 5) is 40.1. The van der Waals surface area contributed by atoms with E-state index in [0.717, 1.165) is 55.5 Å². The molecule has 4 aromatic heterocycles. The van der Waals surface area contributed by atoms with E-state index in [1.807, 2.05) is 45.9 Å². The first kappa shape index (κ1) is 27.8. The van der Waals surface area contributed by atoms with Gasteiger partial charge in [0, 0.05) is 107 Å². The lowest BCUT2D eigenvalue weighted by molar-refractivity contribution is 0.550. The van der Waals surface area contributed by atoms with Crippen LogP contribution in [0.5, 0.6) is 0 Å². The van der Waals surface area contributed by atoms with E-state index in [2.05, 4.69) is 53.7 Å². The Balaban J connectivity index is 1.28. The molecule has 0 unspecified atom stereocenters. The fraction of sp³-hybridized carbons (Fsp3) is 0. The molecule has 0 spiro atoms. The van der Waals surface area contributed by atoms with Crippen LogP contribution in [0, 0.1) is 0 Å². The maximum absolute atomic E-state index is 6.98. The van der Waals surface area contributed by atoms with Crippen LogP contribution in [0.1, 0.15) is 5.56 Å². The minimum absolute atomic E-state index is 0.136. The largest absolute Gasteiger partial charge is 0.369 e. The number of aliphatic imine (C=N–C) groups is 5. The van der Waals surface area contributed by atoms with E-state index in [1.54, 1.807) is 79.3 Å². The number of aromatic nitrogens is 4. The molecule has 0 saturated heterocycles. The Bertz CT molecular complexity index is 2590. The zero-order valence-corrected chi connectivity index (χ0v) is 25.6. The molecule has 230 valence electrons. The van der Waals surface area contributed by atoms with Crippen LogP contribution in [-0.2, 0) is 0 Å². The molecule has 9 rings (SSSR count). The summed E-state index contributed by atoms with van der Waals surface area (Å²) in [6.07, 6.45) is 26.3. The predicted molar refractivity (Wildman–Crippen MR) is 192 cm³/mol. The van der Waals surface area contributed by atoms with Crippen molar-refractivity contribution < 1.29 is 0 Å². The van der Waals surface area contributed by atoms with E-state index in [1.165, 1.54) is 0 Å². The topological polar surface area (TPSA) is 138 Å². The summed E-state index contributed by atoms with van der Waals surface area (Å²) >= 11 is 0. The summed E-state index contributed by atoms with van der Waals surface area (Å²) in [5, 5.41) is 1.75. The number of pyridine rings is 3. The highest BCUT2D eigenvalue weighted by Crippen LogP contribution is 2.35. The van der Waals surface area contributed by atoms with Gasteiger partial charge < -0.3 is 5.73 Å². The first-order valence-corrected chi connectivity index (χ1v) is 15.1. The molecule has 9 heterocycles. The second kappa shape index (κ2) is 11.1. The Morgan fingerprint density at radius 2 is 1.43 bits per heavy atom. The van der Waals surface area contributed by atoms with Crippen molar-refractivity contribution in [2.45, 2.75) is 0 Å². The number of rotatable bonds is 2. The van der Waals surface area contributed by atoms with Crippen molar-refractivity contribution in [2.24, 2.45) is 30.7 Å². The van der Waals surface area contributed by atoms with Gasteiger partial charge >= 0.3 is 0 Å². The van der Waals surface area contributed by atoms with Gasteiger partial charge in [0.25, 0.3) is 0 Å². The maximum Gasteiger partial charge on any atom is 0.239 e. The molecule has 2 N–H and O–H groups in total. The van der Waals surface area contributed by atoms with E-state index in [0.29, 0.717) is 17.2 Å². The number of hydrogen-bond acceptors (Lipinski definition) is 8. The lowest BCUT2D eigenvalue weighted by atomic mass is 10.0. The highest BCUT2D eigenvalue weighted by molar-refractivity contribution is 6.19. The second-order valence-corrected chi connectivity index (χ2v) is 11.0. The van der Waals surface area contributed by atoms with E-state index in [-0.39, 0.29) is 11.9 Å². The molecule has 0 radical (unpaired) electrons. The number of allylic oxidation sites excluding steroid dienone is 4. The van der Waals surface area contributed by atoms with Crippen molar-refractivity contribution in [3.8, 4) is 0 Å². The van der Waals surface area contributed by atoms with Crippen LogP contribution in [0.3, 0.4) is 0 Å². The zero-order valence-electron chi connectivity index (χ0n) is 25.6. The first-order valence-electron chi connectivity index (χ1n) is 15.1. The van der Waals surface area contributed by atoms with Crippen molar-refractivity contribution in [2.75, 3.05) is 4.90 Å². The van der Waals surface area contributed by atoms with E-state index in [9.17, 15) is 0 Å². The smallest absolute Gasteiger partial charge is 0.239 e. The average molecular weight is 635 g/mol. The van der Waals surface area contributed by atoms with Gasteiger partial charge in [-0.1, -0.05) is 23.8 Å². The summed E-state index contributed by atoms with van der Waals surface area (Å²) in [6, 6.07) is 5.69. The highest BCUT2D eigenvalue weighted by Gasteiger charge is 2.28. The van der Waals surface area contributed by atoms with Crippen LogP contribution in [0.4, 0.5) is 5.69 Å². The van der Waals surface area contributed by atoms with Crippen molar-refractivity contribution in [1.82, 2.24) is 24.4 Å². The monoisotopic (exact) mass is 634 g/mol. The molecular formula is C37H22N12. The zero-order chi connectivity index (χ0) is 32.9. The fourth-order valence-electron chi connectivity index (χ4n) is 6.17. The van der Waals surface area contributed by atoms with Crippen LogP contribution in [0.25, 0.3) is 27.4 Å². The standard InChI is InChI=1S/C37H22N12/c1-23(47-26-4-10-40-17-24(15-26)28-19-39-9-2-3-32(28)47)45-37(49-34-7-13-43-21-30(34)31-22-44-14-8-35(31)49)46-36(38)48-27-5-11-41-18-25(16-27)29-20-42-12-6-33(29)48/h3-14,17-22H,1H2,(H2,38,45,46). The SMILES string of the molecule is C=C(/N=C(\N=C(/N)N1C2=C=C(C=NC=C2)c2cnccc21)n1c2ccncc2c2cnccc21)N1C2=C=C(C=NC=C2)C2=C1C=C=CN=C2. The number of anilines is 1. The van der Waals surface area contributed by atoms with Gasteiger partial charge in [0.2, 0.25) is 11.9 Å². The molecule has 0 aromatic carbocycles. The Morgan fingerprint density at radius 3 is 2.20 bits per heavy atom. The Kier molecular flexibility index (Phi) is 6.30. The summed E-state index contributed by atoms with van der Waals surface area (Å²) in [5.41, 5.74) is 24.6. The summed E-state index contributed by atoms with van der Waals surface area (Å²) in [6.45, 7) is 4.44. The lowest BCUT2D eigenvalue weighted by Gasteiger charge is -2.29. The van der Waals surface area contributed by atoms with Crippen LogP contribution >= 0.6 is 0 Å². The van der Waals surface area contributed by atoms with Crippen LogP contribution in [0.2, 0.25) is 0 Å². The van der Waals surface area contributed by atoms with Gasteiger partial charge in [0.1, 0.15) is 5.82 Å². The van der Waals surface area contributed by atoms with Gasteiger partial charge in [-0.15, -0.1) is 0 Å². The predicted octanol–water partition coefficient (Wildman–Crippen LogP) is 5.28. The summed E-state index contributed by atoms with van der Waals surface area (Å²) in [7, 11) is 0. The first-order chi connectivity index (χ1) is 24.2. The number of fused-ring (bicyclic) bond motifs is 6. The third kappa shape index (κ3) is 4.51. The molecule has 4 aromatic rings. The fourth-order valence-corrected chi connectivity index (χ4v) is 6.17. The molecule has 49 heavy (non-hydrogen) atoms. The highest BCUT2D eigenvalue weighted by atomic mass is 15.3. The molecule has 12 heteroatoms. The van der Waals surface area contributed by atoms with Gasteiger partial charge in [0.05, 0.1) is 40.0 Å². The third-order valence-corrected chi connectivity index (χ3v) is 8.26. The quantitative estimate of drug-likeness (QED) is 0.181. The van der Waals surface area contributed by atoms with Crippen molar-refractivity contribution in [1.29, 1.82) is 0 Å². The Hall–Kier alpha value is -7.48. The molecule has 0 amide bonds. The van der Waals surface area contributed by atoms with Gasteiger partial charge in [-0.2, -0.15) is 9.98 Å². The maximum atomic E-state index is 6.98. The number of nitrogens with zero attached hydrogens (tertiary/aromatic N) is 11. The molecule has 0 atom stereocenters. The van der Waals surface area contributed by atoms with Crippen molar-refractivity contribution in [3.05, 3.63) is 156 Å². The lowest BCUT2D eigenvalue weighted by Crippen LogP contribution is -2.39.